The maximum atomic E-state index is 11.7. The minimum Gasteiger partial charge on any atom is -0.479 e. The Balaban J connectivity index is 1.74. The average Bonchev–Trinajstić information content (AvgIpc) is 2.98. The summed E-state index contributed by atoms with van der Waals surface area (Å²) in [6, 6.07) is 12.1. The zero-order valence-corrected chi connectivity index (χ0v) is 13.2. The van der Waals surface area contributed by atoms with Gasteiger partial charge in [-0.15, -0.1) is 0 Å². The molecule has 116 valence electrons. The molecule has 0 unspecified atom stereocenters. The van der Waals surface area contributed by atoms with Crippen molar-refractivity contribution in [2.24, 2.45) is 0 Å². The van der Waals surface area contributed by atoms with E-state index in [-0.39, 0.29) is 0 Å². The fourth-order valence-corrected chi connectivity index (χ4v) is 4.35. The maximum Gasteiger partial charge on any atom is 0.211 e. The van der Waals surface area contributed by atoms with Crippen LogP contribution in [0.25, 0.3) is 5.69 Å². The van der Waals surface area contributed by atoms with Crippen LogP contribution in [0.15, 0.2) is 42.6 Å². The van der Waals surface area contributed by atoms with Gasteiger partial charge < -0.3 is 9.30 Å². The highest BCUT2D eigenvalue weighted by Crippen LogP contribution is 2.45. The molecule has 0 saturated carbocycles. The Morgan fingerprint density at radius 3 is 2.55 bits per heavy atom. The van der Waals surface area contributed by atoms with Crippen LogP contribution in [0.1, 0.15) is 18.5 Å². The molecule has 22 heavy (non-hydrogen) atoms. The summed E-state index contributed by atoms with van der Waals surface area (Å²) >= 11 is 0. The van der Waals surface area contributed by atoms with Gasteiger partial charge in [-0.2, -0.15) is 0 Å². The van der Waals surface area contributed by atoms with Crippen LogP contribution in [0.4, 0.5) is 0 Å². The number of hydrogen-bond acceptors (Lipinski definition) is 3. The second-order valence-electron chi connectivity index (χ2n) is 5.99. The Morgan fingerprint density at radius 2 is 1.82 bits per heavy atom. The number of piperidine rings is 1. The molecule has 0 aliphatic carbocycles. The van der Waals surface area contributed by atoms with E-state index in [4.69, 9.17) is 4.74 Å². The molecule has 4 rings (SSSR count). The van der Waals surface area contributed by atoms with Crippen molar-refractivity contribution in [1.82, 2.24) is 8.87 Å². The molecule has 2 aliphatic rings. The Morgan fingerprint density at radius 1 is 1.09 bits per heavy atom. The van der Waals surface area contributed by atoms with Crippen LogP contribution in [-0.4, -0.2) is 36.6 Å². The second kappa shape index (κ2) is 4.60. The molecule has 1 aromatic carbocycles. The monoisotopic (exact) mass is 318 g/mol. The fraction of sp³-hybridized carbons (Fsp3) is 0.375. The Kier molecular flexibility index (Phi) is 2.90. The van der Waals surface area contributed by atoms with Gasteiger partial charge in [0.15, 0.2) is 5.60 Å². The number of aromatic nitrogens is 1. The number of nitrogens with zero attached hydrogens (tertiary/aromatic N) is 2. The highest BCUT2D eigenvalue weighted by atomic mass is 32.2. The standard InChI is InChI=1S/C16H18N2O3S/c1-22(19,20)17-11-8-16(9-12-17)15-7-4-10-18(15)13-5-2-3-6-14(13)21-16/h2-7,10H,8-9,11-12H2,1H3. The predicted molar refractivity (Wildman–Crippen MR) is 83.7 cm³/mol. The quantitative estimate of drug-likeness (QED) is 0.809. The van der Waals surface area contributed by atoms with Crippen LogP contribution in [-0.2, 0) is 15.6 Å². The van der Waals surface area contributed by atoms with Gasteiger partial charge in [-0.3, -0.25) is 0 Å². The summed E-state index contributed by atoms with van der Waals surface area (Å²) in [5.41, 5.74) is 1.72. The smallest absolute Gasteiger partial charge is 0.211 e. The van der Waals surface area contributed by atoms with Gasteiger partial charge in [-0.1, -0.05) is 12.1 Å². The largest absolute Gasteiger partial charge is 0.479 e. The van der Waals surface area contributed by atoms with Crippen molar-refractivity contribution in [3.63, 3.8) is 0 Å². The van der Waals surface area contributed by atoms with Gasteiger partial charge in [-0.05, 0) is 24.3 Å². The Bertz CT molecular complexity index is 817. The molecular formula is C16H18N2O3S. The van der Waals surface area contributed by atoms with Crippen molar-refractivity contribution >= 4 is 10.0 Å². The number of hydrogen-bond donors (Lipinski definition) is 0. The minimum atomic E-state index is -3.13. The summed E-state index contributed by atoms with van der Waals surface area (Å²) < 4.78 is 33.5. The van der Waals surface area contributed by atoms with Crippen molar-refractivity contribution in [3.05, 3.63) is 48.3 Å². The van der Waals surface area contributed by atoms with Gasteiger partial charge in [-0.25, -0.2) is 12.7 Å². The van der Waals surface area contributed by atoms with E-state index in [2.05, 4.69) is 10.6 Å². The molecule has 2 aromatic rings. The maximum absolute atomic E-state index is 11.7. The summed E-state index contributed by atoms with van der Waals surface area (Å²) in [6.07, 6.45) is 4.64. The SMILES string of the molecule is CS(=O)(=O)N1CCC2(CC1)Oc1ccccc1-n1cccc12. The van der Waals surface area contributed by atoms with E-state index >= 15 is 0 Å². The van der Waals surface area contributed by atoms with Crippen LogP contribution in [0.5, 0.6) is 5.75 Å². The first kappa shape index (κ1) is 13.8. The number of para-hydroxylation sites is 2. The molecule has 2 aliphatic heterocycles. The van der Waals surface area contributed by atoms with Gasteiger partial charge in [0.05, 0.1) is 17.6 Å². The lowest BCUT2D eigenvalue weighted by atomic mass is 9.87. The molecule has 0 bridgehead atoms. The van der Waals surface area contributed by atoms with Crippen molar-refractivity contribution in [1.29, 1.82) is 0 Å². The van der Waals surface area contributed by atoms with Crippen molar-refractivity contribution < 1.29 is 13.2 Å². The van der Waals surface area contributed by atoms with Crippen LogP contribution in [0.2, 0.25) is 0 Å². The van der Waals surface area contributed by atoms with E-state index in [0.717, 1.165) is 17.1 Å². The van der Waals surface area contributed by atoms with E-state index < -0.39 is 15.6 Å². The molecule has 1 aromatic heterocycles. The fourth-order valence-electron chi connectivity index (χ4n) is 3.50. The number of benzene rings is 1. The highest BCUT2D eigenvalue weighted by molar-refractivity contribution is 7.88. The van der Waals surface area contributed by atoms with Crippen LogP contribution < -0.4 is 4.74 Å². The predicted octanol–water partition coefficient (Wildman–Crippen LogP) is 2.12. The first-order valence-corrected chi connectivity index (χ1v) is 9.26. The highest BCUT2D eigenvalue weighted by Gasteiger charge is 2.44. The van der Waals surface area contributed by atoms with Crippen molar-refractivity contribution in [2.45, 2.75) is 18.4 Å². The van der Waals surface area contributed by atoms with Crippen molar-refractivity contribution in [2.75, 3.05) is 19.3 Å². The molecule has 0 radical (unpaired) electrons. The van der Waals surface area contributed by atoms with Crippen LogP contribution >= 0.6 is 0 Å². The normalized spacial score (nSPS) is 20.2. The first-order chi connectivity index (χ1) is 10.5. The molecule has 1 spiro atoms. The van der Waals surface area contributed by atoms with Gasteiger partial charge >= 0.3 is 0 Å². The van der Waals surface area contributed by atoms with E-state index in [0.29, 0.717) is 25.9 Å². The van der Waals surface area contributed by atoms with E-state index in [1.54, 1.807) is 0 Å². The molecule has 3 heterocycles. The van der Waals surface area contributed by atoms with E-state index in [9.17, 15) is 8.42 Å². The molecule has 0 atom stereocenters. The van der Waals surface area contributed by atoms with E-state index in [1.807, 2.05) is 36.5 Å². The minimum absolute atomic E-state index is 0.432. The summed E-state index contributed by atoms with van der Waals surface area (Å²) in [6.45, 7) is 0.984. The number of fused-ring (bicyclic) bond motifs is 4. The molecule has 5 nitrogen and oxygen atoms in total. The third kappa shape index (κ3) is 1.98. The lowest BCUT2D eigenvalue weighted by molar-refractivity contribution is 0.00421. The topological polar surface area (TPSA) is 51.5 Å². The lowest BCUT2D eigenvalue weighted by Crippen LogP contribution is -2.49. The van der Waals surface area contributed by atoms with Gasteiger partial charge in [0.2, 0.25) is 10.0 Å². The Labute approximate surface area is 130 Å². The van der Waals surface area contributed by atoms with Gasteiger partial charge in [0, 0.05) is 32.1 Å². The van der Waals surface area contributed by atoms with Gasteiger partial charge in [0.1, 0.15) is 5.75 Å². The van der Waals surface area contributed by atoms with Gasteiger partial charge in [0.25, 0.3) is 0 Å². The number of rotatable bonds is 1. The summed E-state index contributed by atoms with van der Waals surface area (Å²) in [5.74, 6) is 0.860. The molecule has 1 saturated heterocycles. The molecule has 1 fully saturated rings. The average molecular weight is 318 g/mol. The zero-order valence-electron chi connectivity index (χ0n) is 12.4. The molecular weight excluding hydrogens is 300 g/mol. The first-order valence-electron chi connectivity index (χ1n) is 7.41. The summed E-state index contributed by atoms with van der Waals surface area (Å²) in [5, 5.41) is 0. The van der Waals surface area contributed by atoms with E-state index in [1.165, 1.54) is 10.6 Å². The third-order valence-electron chi connectivity index (χ3n) is 4.64. The summed E-state index contributed by atoms with van der Waals surface area (Å²) in [7, 11) is -3.13. The Hall–Kier alpha value is -1.79. The zero-order chi connectivity index (χ0) is 15.4. The molecule has 0 amide bonds. The number of ether oxygens (including phenoxy) is 1. The lowest BCUT2D eigenvalue weighted by Gasteiger charge is -2.44. The second-order valence-corrected chi connectivity index (χ2v) is 7.97. The summed E-state index contributed by atoms with van der Waals surface area (Å²) in [4.78, 5) is 0. The van der Waals surface area contributed by atoms with Crippen LogP contribution in [0, 0.1) is 0 Å². The van der Waals surface area contributed by atoms with Crippen molar-refractivity contribution in [3.8, 4) is 11.4 Å². The third-order valence-corrected chi connectivity index (χ3v) is 5.95. The number of sulfonamides is 1. The van der Waals surface area contributed by atoms with Crippen LogP contribution in [0.3, 0.4) is 0 Å². The molecule has 6 heteroatoms. The molecule has 0 N–H and O–H groups in total.